The van der Waals surface area contributed by atoms with Gasteiger partial charge in [0.15, 0.2) is 11.6 Å². The molecule has 3 rings (SSSR count). The van der Waals surface area contributed by atoms with Gasteiger partial charge in [-0.15, -0.1) is 0 Å². The standard InChI is InChI=1S/C20H25FN2O2/c21-19-8-4-5-9-20(19)25-16-18(24)15-23-12-10-22(11-13-23)14-17-6-2-1-3-7-17/h1-9,18,24H,10-16H2/p+2/t18-/m1/s1. The van der Waals surface area contributed by atoms with Gasteiger partial charge in [-0.3, -0.25) is 0 Å². The van der Waals surface area contributed by atoms with E-state index in [-0.39, 0.29) is 18.2 Å². The third-order valence-electron chi connectivity index (χ3n) is 4.75. The molecule has 0 radical (unpaired) electrons. The summed E-state index contributed by atoms with van der Waals surface area (Å²) >= 11 is 0. The summed E-state index contributed by atoms with van der Waals surface area (Å²) in [4.78, 5) is 2.98. The van der Waals surface area contributed by atoms with Crippen LogP contribution in [0.1, 0.15) is 5.56 Å². The molecule has 1 aliphatic heterocycles. The third kappa shape index (κ3) is 5.53. The summed E-state index contributed by atoms with van der Waals surface area (Å²) in [6, 6.07) is 16.9. The van der Waals surface area contributed by atoms with Crippen LogP contribution in [0.5, 0.6) is 5.75 Å². The van der Waals surface area contributed by atoms with Crippen LogP contribution in [-0.2, 0) is 6.54 Å². The molecule has 4 nitrogen and oxygen atoms in total. The molecule has 0 saturated carbocycles. The molecular weight excluding hydrogens is 319 g/mol. The van der Waals surface area contributed by atoms with Crippen molar-refractivity contribution >= 4 is 0 Å². The monoisotopic (exact) mass is 346 g/mol. The van der Waals surface area contributed by atoms with Gasteiger partial charge in [0.2, 0.25) is 0 Å². The van der Waals surface area contributed by atoms with E-state index in [0.29, 0.717) is 6.54 Å². The molecule has 0 spiro atoms. The van der Waals surface area contributed by atoms with Gasteiger partial charge >= 0.3 is 0 Å². The fourth-order valence-electron chi connectivity index (χ4n) is 3.36. The van der Waals surface area contributed by atoms with Crippen molar-refractivity contribution < 1.29 is 24.0 Å². The zero-order chi connectivity index (χ0) is 17.5. The lowest BCUT2D eigenvalue weighted by atomic mass is 10.2. The zero-order valence-corrected chi connectivity index (χ0v) is 14.5. The van der Waals surface area contributed by atoms with Crippen molar-refractivity contribution in [2.45, 2.75) is 12.6 Å². The van der Waals surface area contributed by atoms with E-state index in [1.165, 1.54) is 16.5 Å². The highest BCUT2D eigenvalue weighted by atomic mass is 19.1. The number of nitrogens with one attached hydrogen (secondary N) is 2. The highest BCUT2D eigenvalue weighted by molar-refractivity contribution is 5.23. The van der Waals surface area contributed by atoms with Gasteiger partial charge in [0.1, 0.15) is 52.0 Å². The first-order valence-electron chi connectivity index (χ1n) is 8.97. The number of aliphatic hydroxyl groups is 1. The van der Waals surface area contributed by atoms with E-state index in [1.54, 1.807) is 23.1 Å². The van der Waals surface area contributed by atoms with Crippen molar-refractivity contribution in [1.82, 2.24) is 0 Å². The first-order valence-corrected chi connectivity index (χ1v) is 8.97. The number of ether oxygens (including phenoxy) is 1. The molecule has 1 atom stereocenters. The number of quaternary nitrogens is 2. The summed E-state index contributed by atoms with van der Waals surface area (Å²) in [6.45, 7) is 6.12. The maximum atomic E-state index is 13.5. The van der Waals surface area contributed by atoms with Gasteiger partial charge in [0.05, 0.1) is 0 Å². The summed E-state index contributed by atoms with van der Waals surface area (Å²) in [5.74, 6) is -0.186. The SMILES string of the molecule is O[C@@H](COc1ccccc1F)C[NH+]1CC[NH+](Cc2ccccc2)CC1. The van der Waals surface area contributed by atoms with Crippen LogP contribution >= 0.6 is 0 Å². The summed E-state index contributed by atoms with van der Waals surface area (Å²) in [6.07, 6.45) is -0.578. The Hall–Kier alpha value is -1.95. The normalized spacial score (nSPS) is 21.7. The van der Waals surface area contributed by atoms with Gasteiger partial charge in [-0.1, -0.05) is 42.5 Å². The van der Waals surface area contributed by atoms with Gasteiger partial charge < -0.3 is 19.6 Å². The molecule has 0 amide bonds. The molecule has 5 heteroatoms. The number of rotatable bonds is 7. The van der Waals surface area contributed by atoms with Crippen LogP contribution in [-0.4, -0.2) is 50.5 Å². The highest BCUT2D eigenvalue weighted by Gasteiger charge is 2.25. The van der Waals surface area contributed by atoms with Crippen molar-refractivity contribution in [2.75, 3.05) is 39.3 Å². The molecule has 3 N–H and O–H groups in total. The van der Waals surface area contributed by atoms with Gasteiger partial charge in [0.25, 0.3) is 0 Å². The van der Waals surface area contributed by atoms with E-state index in [1.807, 2.05) is 6.07 Å². The molecule has 1 fully saturated rings. The number of piperazine rings is 1. The predicted molar refractivity (Wildman–Crippen MR) is 94.3 cm³/mol. The Balaban J connectivity index is 1.37. The molecule has 1 aliphatic rings. The van der Waals surface area contributed by atoms with Crippen LogP contribution < -0.4 is 14.5 Å². The summed E-state index contributed by atoms with van der Waals surface area (Å²) in [5, 5.41) is 10.2. The molecule has 1 heterocycles. The van der Waals surface area contributed by atoms with Crippen molar-refractivity contribution in [2.24, 2.45) is 0 Å². The van der Waals surface area contributed by atoms with Crippen LogP contribution in [0, 0.1) is 5.82 Å². The smallest absolute Gasteiger partial charge is 0.165 e. The fraction of sp³-hybridized carbons (Fsp3) is 0.400. The molecule has 25 heavy (non-hydrogen) atoms. The molecule has 0 aromatic heterocycles. The second-order valence-corrected chi connectivity index (χ2v) is 6.76. The maximum Gasteiger partial charge on any atom is 0.165 e. The van der Waals surface area contributed by atoms with Crippen LogP contribution in [0.2, 0.25) is 0 Å². The molecule has 2 aromatic carbocycles. The number of aliphatic hydroxyl groups excluding tert-OH is 1. The Kier molecular flexibility index (Phi) is 6.39. The van der Waals surface area contributed by atoms with E-state index < -0.39 is 6.10 Å². The third-order valence-corrected chi connectivity index (χ3v) is 4.75. The lowest BCUT2D eigenvalue weighted by molar-refractivity contribution is -1.02. The quantitative estimate of drug-likeness (QED) is 0.635. The van der Waals surface area contributed by atoms with Gasteiger partial charge in [-0.25, -0.2) is 4.39 Å². The zero-order valence-electron chi connectivity index (χ0n) is 14.5. The number of halogens is 1. The molecule has 2 aromatic rings. The number of hydrogen-bond donors (Lipinski definition) is 3. The molecule has 1 saturated heterocycles. The van der Waals surface area contributed by atoms with Crippen molar-refractivity contribution in [3.8, 4) is 5.75 Å². The van der Waals surface area contributed by atoms with Crippen molar-refractivity contribution in [3.63, 3.8) is 0 Å². The number of hydrogen-bond acceptors (Lipinski definition) is 2. The van der Waals surface area contributed by atoms with Crippen LogP contribution in [0.4, 0.5) is 4.39 Å². The van der Waals surface area contributed by atoms with E-state index in [9.17, 15) is 9.50 Å². The lowest BCUT2D eigenvalue weighted by Crippen LogP contribution is -3.28. The van der Waals surface area contributed by atoms with E-state index in [2.05, 4.69) is 24.3 Å². The lowest BCUT2D eigenvalue weighted by Gasteiger charge is -2.30. The van der Waals surface area contributed by atoms with Crippen molar-refractivity contribution in [3.05, 3.63) is 66.0 Å². The Labute approximate surface area is 148 Å². The van der Waals surface area contributed by atoms with Gasteiger partial charge in [-0.05, 0) is 12.1 Å². The molecular formula is C20H27FN2O2+2. The Morgan fingerprint density at radius 1 is 0.920 bits per heavy atom. The minimum Gasteiger partial charge on any atom is -0.488 e. The molecule has 0 bridgehead atoms. The van der Waals surface area contributed by atoms with Crippen LogP contribution in [0.15, 0.2) is 54.6 Å². The topological polar surface area (TPSA) is 38.3 Å². The first kappa shape index (κ1) is 17.9. The number of para-hydroxylation sites is 1. The fourth-order valence-corrected chi connectivity index (χ4v) is 3.36. The Morgan fingerprint density at radius 2 is 1.56 bits per heavy atom. The molecule has 0 aliphatic carbocycles. The number of benzene rings is 2. The molecule has 0 unspecified atom stereocenters. The van der Waals surface area contributed by atoms with Gasteiger partial charge in [0, 0.05) is 5.56 Å². The molecule has 134 valence electrons. The summed E-state index contributed by atoms with van der Waals surface area (Å²) < 4.78 is 18.9. The van der Waals surface area contributed by atoms with Crippen molar-refractivity contribution in [1.29, 1.82) is 0 Å². The second-order valence-electron chi connectivity index (χ2n) is 6.76. The van der Waals surface area contributed by atoms with Crippen LogP contribution in [0.3, 0.4) is 0 Å². The maximum absolute atomic E-state index is 13.5. The van der Waals surface area contributed by atoms with Crippen LogP contribution in [0.25, 0.3) is 0 Å². The van der Waals surface area contributed by atoms with E-state index in [0.717, 1.165) is 32.7 Å². The average molecular weight is 346 g/mol. The predicted octanol–water partition coefficient (Wildman–Crippen LogP) is -0.451. The largest absolute Gasteiger partial charge is 0.488 e. The summed E-state index contributed by atoms with van der Waals surface area (Å²) in [5.41, 5.74) is 1.37. The second kappa shape index (κ2) is 8.94. The van der Waals surface area contributed by atoms with Gasteiger partial charge in [-0.2, -0.15) is 0 Å². The minimum atomic E-state index is -0.578. The Bertz CT molecular complexity index is 645. The summed E-state index contributed by atoms with van der Waals surface area (Å²) in [7, 11) is 0. The highest BCUT2D eigenvalue weighted by Crippen LogP contribution is 2.15. The Morgan fingerprint density at radius 3 is 2.28 bits per heavy atom. The van der Waals surface area contributed by atoms with E-state index >= 15 is 0 Å². The minimum absolute atomic E-state index is 0.130. The first-order chi connectivity index (χ1) is 12.2. The average Bonchev–Trinajstić information content (AvgIpc) is 2.64. The van der Waals surface area contributed by atoms with E-state index in [4.69, 9.17) is 4.74 Å².